The van der Waals surface area contributed by atoms with E-state index in [0.29, 0.717) is 19.4 Å². The first-order chi connectivity index (χ1) is 11.1. The number of rotatable bonds is 2. The number of carbonyl (C=O) groups is 3. The van der Waals surface area contributed by atoms with Crippen molar-refractivity contribution in [1.82, 2.24) is 4.90 Å². The Bertz CT molecular complexity index is 543. The van der Waals surface area contributed by atoms with Crippen LogP contribution in [0.4, 0.5) is 9.59 Å². The molecule has 0 aromatic heterocycles. The van der Waals surface area contributed by atoms with E-state index in [1.807, 2.05) is 0 Å². The molecule has 2 amide bonds. The van der Waals surface area contributed by atoms with Gasteiger partial charge in [0.2, 0.25) is 0 Å². The van der Waals surface area contributed by atoms with Gasteiger partial charge in [-0.3, -0.25) is 0 Å². The van der Waals surface area contributed by atoms with Gasteiger partial charge in [-0.2, -0.15) is 4.79 Å². The van der Waals surface area contributed by atoms with Crippen molar-refractivity contribution in [2.24, 2.45) is 5.92 Å². The number of hydrogen-bond acceptors (Lipinski definition) is 4. The zero-order valence-electron chi connectivity index (χ0n) is 14.7. The van der Waals surface area contributed by atoms with E-state index < -0.39 is 40.3 Å². The van der Waals surface area contributed by atoms with Crippen LogP contribution in [0.3, 0.4) is 0 Å². The first-order valence-corrected chi connectivity index (χ1v) is 8.33. The summed E-state index contributed by atoms with van der Waals surface area (Å²) >= 11 is 0. The van der Waals surface area contributed by atoms with Gasteiger partial charge in [0.05, 0.1) is 13.2 Å². The van der Waals surface area contributed by atoms with Gasteiger partial charge in [0, 0.05) is 18.9 Å². The van der Waals surface area contributed by atoms with Crippen LogP contribution in [0.25, 0.3) is 0 Å². The summed E-state index contributed by atoms with van der Waals surface area (Å²) in [5.41, 5.74) is -0.774. The van der Waals surface area contributed by atoms with Gasteiger partial charge in [0.15, 0.2) is 6.04 Å². The van der Waals surface area contributed by atoms with Crippen LogP contribution in [-0.2, 0) is 9.53 Å². The summed E-state index contributed by atoms with van der Waals surface area (Å²) in [6.07, 6.45) is -1.16. The average molecular weight is 343 g/mol. The molecule has 2 saturated heterocycles. The zero-order valence-corrected chi connectivity index (χ0v) is 14.7. The van der Waals surface area contributed by atoms with Gasteiger partial charge >= 0.3 is 18.2 Å². The standard InChI is InChI=1S/C16H26N2O6/c1-5-24-13(19)11-8-10-6-7-17(14(20)21)9-12(10)18(11,15(22)23)16(2,3)4/h10-12H,5-9H2,1-4H3,(H-,20,21,22,23)/p+1/t10-,11-,12-,18?/m0/s1. The molecule has 2 fully saturated rings. The molecule has 1 unspecified atom stereocenters. The van der Waals surface area contributed by atoms with Crippen LogP contribution in [-0.4, -0.2) is 75.1 Å². The van der Waals surface area contributed by atoms with Gasteiger partial charge in [-0.15, -0.1) is 0 Å². The Morgan fingerprint density at radius 1 is 1.25 bits per heavy atom. The summed E-state index contributed by atoms with van der Waals surface area (Å²) in [5, 5.41) is 19.5. The van der Waals surface area contributed by atoms with Crippen molar-refractivity contribution in [3.63, 3.8) is 0 Å². The minimum atomic E-state index is -1.10. The minimum absolute atomic E-state index is 0.00895. The highest BCUT2D eigenvalue weighted by molar-refractivity contribution is 5.78. The molecule has 2 aliphatic rings. The molecule has 0 aliphatic carbocycles. The van der Waals surface area contributed by atoms with Crippen molar-refractivity contribution in [2.75, 3.05) is 19.7 Å². The molecule has 136 valence electrons. The number of ether oxygens (including phenoxy) is 1. The molecule has 2 rings (SSSR count). The fraction of sp³-hybridized carbons (Fsp3) is 0.812. The Balaban J connectivity index is 2.53. The maximum Gasteiger partial charge on any atom is 0.514 e. The number of carboxylic acid groups (broad SMARTS) is 2. The van der Waals surface area contributed by atoms with E-state index in [-0.39, 0.29) is 19.1 Å². The lowest BCUT2D eigenvalue weighted by molar-refractivity contribution is -0.930. The minimum Gasteiger partial charge on any atom is -0.465 e. The fourth-order valence-electron chi connectivity index (χ4n) is 4.60. The van der Waals surface area contributed by atoms with Gasteiger partial charge in [-0.05, 0) is 34.1 Å². The molecular formula is C16H27N2O6+. The van der Waals surface area contributed by atoms with Crippen LogP contribution in [0.2, 0.25) is 0 Å². The SMILES string of the molecule is CCOC(=O)[C@@H]1C[C@@H]2CCN(C(=O)O)C[C@@H]2[N+]1(C(=O)O)C(C)(C)C. The van der Waals surface area contributed by atoms with Crippen molar-refractivity contribution in [1.29, 1.82) is 0 Å². The second-order valence-corrected chi connectivity index (χ2v) is 7.58. The first-order valence-electron chi connectivity index (χ1n) is 8.33. The highest BCUT2D eigenvalue weighted by Crippen LogP contribution is 2.48. The third-order valence-electron chi connectivity index (χ3n) is 5.52. The average Bonchev–Trinajstić information content (AvgIpc) is 2.82. The quantitative estimate of drug-likeness (QED) is 0.587. The van der Waals surface area contributed by atoms with E-state index in [4.69, 9.17) is 4.74 Å². The third kappa shape index (κ3) is 2.62. The van der Waals surface area contributed by atoms with Gasteiger partial charge in [-0.1, -0.05) is 0 Å². The molecule has 8 heteroatoms. The predicted molar refractivity (Wildman–Crippen MR) is 84.6 cm³/mol. The van der Waals surface area contributed by atoms with E-state index in [9.17, 15) is 24.6 Å². The number of quaternary nitrogens is 1. The molecule has 2 heterocycles. The molecule has 0 aromatic rings. The molecule has 0 spiro atoms. The van der Waals surface area contributed by atoms with Crippen LogP contribution in [0.15, 0.2) is 0 Å². The van der Waals surface area contributed by atoms with Gasteiger partial charge < -0.3 is 19.8 Å². The van der Waals surface area contributed by atoms with Gasteiger partial charge in [0.1, 0.15) is 11.6 Å². The molecule has 0 saturated carbocycles. The third-order valence-corrected chi connectivity index (χ3v) is 5.52. The van der Waals surface area contributed by atoms with Crippen molar-refractivity contribution in [3.8, 4) is 0 Å². The number of likely N-dealkylation sites (tertiary alicyclic amines) is 2. The highest BCUT2D eigenvalue weighted by atomic mass is 16.5. The monoisotopic (exact) mass is 343 g/mol. The van der Waals surface area contributed by atoms with E-state index in [0.717, 1.165) is 0 Å². The number of carbonyl (C=O) groups excluding carboxylic acids is 1. The second kappa shape index (κ2) is 6.23. The maximum atomic E-state index is 12.5. The number of nitrogens with zero attached hydrogens (tertiary/aromatic N) is 2. The largest absolute Gasteiger partial charge is 0.514 e. The number of hydrogen-bond donors (Lipinski definition) is 2. The number of esters is 1. The normalized spacial score (nSPS) is 33.0. The summed E-state index contributed by atoms with van der Waals surface area (Å²) < 4.78 is 4.69. The summed E-state index contributed by atoms with van der Waals surface area (Å²) in [6, 6.07) is -1.27. The molecule has 24 heavy (non-hydrogen) atoms. The smallest absolute Gasteiger partial charge is 0.465 e. The van der Waals surface area contributed by atoms with E-state index in [1.54, 1.807) is 27.7 Å². The lowest BCUT2D eigenvalue weighted by Gasteiger charge is -2.49. The molecule has 8 nitrogen and oxygen atoms in total. The van der Waals surface area contributed by atoms with Crippen molar-refractivity contribution < 1.29 is 33.8 Å². The molecular weight excluding hydrogens is 316 g/mol. The van der Waals surface area contributed by atoms with Gasteiger partial charge in [-0.25, -0.2) is 14.1 Å². The second-order valence-electron chi connectivity index (χ2n) is 7.58. The Kier molecular flexibility index (Phi) is 4.81. The Morgan fingerprint density at radius 3 is 2.33 bits per heavy atom. The predicted octanol–water partition coefficient (Wildman–Crippen LogP) is 1.98. The Labute approximate surface area is 141 Å². The lowest BCUT2D eigenvalue weighted by atomic mass is 9.89. The molecule has 2 N–H and O–H groups in total. The number of piperidine rings is 1. The van der Waals surface area contributed by atoms with Crippen LogP contribution in [0, 0.1) is 5.92 Å². The zero-order chi connectivity index (χ0) is 18.3. The summed E-state index contributed by atoms with van der Waals surface area (Å²) in [5.74, 6) is -0.517. The summed E-state index contributed by atoms with van der Waals surface area (Å²) in [6.45, 7) is 7.74. The van der Waals surface area contributed by atoms with E-state index >= 15 is 0 Å². The number of fused-ring (bicyclic) bond motifs is 1. The van der Waals surface area contributed by atoms with E-state index in [1.165, 1.54) is 4.90 Å². The van der Waals surface area contributed by atoms with Crippen molar-refractivity contribution in [2.45, 2.75) is 58.2 Å². The van der Waals surface area contributed by atoms with Gasteiger partial charge in [0.25, 0.3) is 0 Å². The lowest BCUT2D eigenvalue weighted by Crippen LogP contribution is -2.73. The molecule has 0 radical (unpaired) electrons. The molecule has 0 bridgehead atoms. The summed E-state index contributed by atoms with van der Waals surface area (Å²) in [4.78, 5) is 37.6. The Morgan fingerprint density at radius 2 is 1.88 bits per heavy atom. The highest BCUT2D eigenvalue weighted by Gasteiger charge is 2.69. The fourth-order valence-corrected chi connectivity index (χ4v) is 4.60. The summed E-state index contributed by atoms with van der Waals surface area (Å²) in [7, 11) is 0. The van der Waals surface area contributed by atoms with Crippen molar-refractivity contribution >= 4 is 18.2 Å². The van der Waals surface area contributed by atoms with Crippen LogP contribution in [0.1, 0.15) is 40.5 Å². The van der Waals surface area contributed by atoms with Crippen LogP contribution >= 0.6 is 0 Å². The molecule has 2 aliphatic heterocycles. The first kappa shape index (κ1) is 18.5. The van der Waals surface area contributed by atoms with Crippen molar-refractivity contribution in [3.05, 3.63) is 0 Å². The number of amides is 2. The van der Waals surface area contributed by atoms with Crippen LogP contribution < -0.4 is 0 Å². The maximum absolute atomic E-state index is 12.5. The van der Waals surface area contributed by atoms with E-state index in [2.05, 4.69) is 0 Å². The topological polar surface area (TPSA) is 104 Å². The molecule has 4 atom stereocenters. The van der Waals surface area contributed by atoms with Crippen LogP contribution in [0.5, 0.6) is 0 Å². The Hall–Kier alpha value is -1.83. The molecule has 0 aromatic carbocycles.